The molecule has 5 nitrogen and oxygen atoms in total. The Balaban J connectivity index is 2.02. The highest BCUT2D eigenvalue weighted by Crippen LogP contribution is 2.22. The Morgan fingerprint density at radius 2 is 2.00 bits per heavy atom. The molecular formula is C16H21NO4. The summed E-state index contributed by atoms with van der Waals surface area (Å²) in [6.07, 6.45) is 1.30. The van der Waals surface area contributed by atoms with Gasteiger partial charge in [-0.1, -0.05) is 0 Å². The molecule has 21 heavy (non-hydrogen) atoms. The van der Waals surface area contributed by atoms with Crippen LogP contribution in [0.25, 0.3) is 0 Å². The predicted molar refractivity (Wildman–Crippen MR) is 78.6 cm³/mol. The van der Waals surface area contributed by atoms with E-state index in [1.807, 2.05) is 0 Å². The first kappa shape index (κ1) is 15.4. The third kappa shape index (κ3) is 3.74. The zero-order valence-electron chi connectivity index (χ0n) is 12.5. The number of piperidine rings is 1. The van der Waals surface area contributed by atoms with Crippen LogP contribution in [-0.4, -0.2) is 43.6 Å². The number of carbonyl (C=O) groups is 2. The molecule has 1 amide bonds. The number of methoxy groups -OCH3 is 1. The van der Waals surface area contributed by atoms with Gasteiger partial charge >= 0.3 is 6.09 Å². The van der Waals surface area contributed by atoms with Crippen molar-refractivity contribution in [2.24, 2.45) is 5.92 Å². The molecule has 1 unspecified atom stereocenters. The molecule has 5 heteroatoms. The smallest absolute Gasteiger partial charge is 0.409 e. The number of amides is 1. The Morgan fingerprint density at radius 3 is 2.62 bits per heavy atom. The van der Waals surface area contributed by atoms with E-state index < -0.39 is 0 Å². The minimum Gasteiger partial charge on any atom is -0.497 e. The molecule has 0 radical (unpaired) electrons. The van der Waals surface area contributed by atoms with Crippen molar-refractivity contribution in [2.45, 2.75) is 19.8 Å². The molecule has 1 aromatic carbocycles. The van der Waals surface area contributed by atoms with E-state index in [0.717, 1.165) is 18.6 Å². The average Bonchev–Trinajstić information content (AvgIpc) is 2.54. The van der Waals surface area contributed by atoms with Crippen LogP contribution in [0.1, 0.15) is 30.1 Å². The number of rotatable bonds is 4. The van der Waals surface area contributed by atoms with Crippen molar-refractivity contribution in [2.75, 3.05) is 26.8 Å². The second kappa shape index (κ2) is 7.11. The van der Waals surface area contributed by atoms with E-state index in [-0.39, 0.29) is 17.8 Å². The molecule has 0 aromatic heterocycles. The number of likely N-dealkylation sites (tertiary alicyclic amines) is 1. The average molecular weight is 291 g/mol. The summed E-state index contributed by atoms with van der Waals surface area (Å²) in [6, 6.07) is 7.09. The van der Waals surface area contributed by atoms with Gasteiger partial charge in [-0.25, -0.2) is 4.79 Å². The fourth-order valence-electron chi connectivity index (χ4n) is 2.56. The number of carbonyl (C=O) groups excluding carboxylic acids is 2. The third-order valence-electron chi connectivity index (χ3n) is 3.69. The molecule has 0 saturated carbocycles. The number of benzene rings is 1. The lowest BCUT2D eigenvalue weighted by atomic mass is 9.90. The minimum absolute atomic E-state index is 0.0756. The number of nitrogens with zero attached hydrogens (tertiary/aromatic N) is 1. The Labute approximate surface area is 124 Å². The summed E-state index contributed by atoms with van der Waals surface area (Å²) in [5, 5.41) is 0. The van der Waals surface area contributed by atoms with Gasteiger partial charge in [-0.2, -0.15) is 0 Å². The van der Waals surface area contributed by atoms with Crippen LogP contribution in [0.4, 0.5) is 4.79 Å². The number of Topliss-reactive ketones (excluding diaryl/α,β-unsaturated/α-hetero) is 1. The van der Waals surface area contributed by atoms with Gasteiger partial charge in [-0.15, -0.1) is 0 Å². The van der Waals surface area contributed by atoms with Crippen molar-refractivity contribution in [3.8, 4) is 5.75 Å². The van der Waals surface area contributed by atoms with Crippen molar-refractivity contribution in [3.05, 3.63) is 29.8 Å². The first-order valence-corrected chi connectivity index (χ1v) is 7.25. The molecule has 0 bridgehead atoms. The molecular weight excluding hydrogens is 270 g/mol. The van der Waals surface area contributed by atoms with Gasteiger partial charge in [-0.3, -0.25) is 4.79 Å². The number of hydrogen-bond donors (Lipinski definition) is 0. The molecule has 1 aliphatic heterocycles. The number of ketones is 1. The molecule has 0 spiro atoms. The van der Waals surface area contributed by atoms with Crippen LogP contribution in [0.2, 0.25) is 0 Å². The molecule has 1 fully saturated rings. The molecule has 1 aliphatic rings. The summed E-state index contributed by atoms with van der Waals surface area (Å²) < 4.78 is 10.1. The highest BCUT2D eigenvalue weighted by Gasteiger charge is 2.29. The predicted octanol–water partition coefficient (Wildman–Crippen LogP) is 2.75. The van der Waals surface area contributed by atoms with Crippen LogP contribution in [0.15, 0.2) is 24.3 Å². The summed E-state index contributed by atoms with van der Waals surface area (Å²) >= 11 is 0. The van der Waals surface area contributed by atoms with Crippen molar-refractivity contribution < 1.29 is 19.1 Å². The fraction of sp³-hybridized carbons (Fsp3) is 0.500. The standard InChI is InChI=1S/C16H21NO4/c1-3-21-16(19)17-10-4-5-13(11-17)15(18)12-6-8-14(20-2)9-7-12/h6-9,13H,3-5,10-11H2,1-2H3. The van der Waals surface area contributed by atoms with Crippen molar-refractivity contribution in [1.82, 2.24) is 4.90 Å². The maximum absolute atomic E-state index is 12.5. The molecule has 114 valence electrons. The maximum Gasteiger partial charge on any atom is 0.409 e. The van der Waals surface area contributed by atoms with Crippen LogP contribution in [0.5, 0.6) is 5.75 Å². The van der Waals surface area contributed by atoms with Crippen molar-refractivity contribution in [3.63, 3.8) is 0 Å². The highest BCUT2D eigenvalue weighted by molar-refractivity contribution is 5.98. The molecule has 0 N–H and O–H groups in total. The van der Waals surface area contributed by atoms with E-state index in [4.69, 9.17) is 9.47 Å². The van der Waals surface area contributed by atoms with Crippen LogP contribution >= 0.6 is 0 Å². The highest BCUT2D eigenvalue weighted by atomic mass is 16.6. The van der Waals surface area contributed by atoms with Crippen LogP contribution in [0.3, 0.4) is 0 Å². The van der Waals surface area contributed by atoms with Crippen LogP contribution in [0, 0.1) is 5.92 Å². The van der Waals surface area contributed by atoms with E-state index in [1.165, 1.54) is 0 Å². The Kier molecular flexibility index (Phi) is 5.20. The topological polar surface area (TPSA) is 55.8 Å². The minimum atomic E-state index is -0.329. The monoisotopic (exact) mass is 291 g/mol. The molecule has 1 heterocycles. The molecule has 1 aromatic rings. The van der Waals surface area contributed by atoms with Crippen LogP contribution in [-0.2, 0) is 4.74 Å². The summed E-state index contributed by atoms with van der Waals surface area (Å²) in [5.74, 6) is 0.645. The van der Waals surface area contributed by atoms with E-state index in [2.05, 4.69) is 0 Å². The lowest BCUT2D eigenvalue weighted by Crippen LogP contribution is -2.42. The van der Waals surface area contributed by atoms with Gasteiger partial charge in [0.2, 0.25) is 0 Å². The summed E-state index contributed by atoms with van der Waals surface area (Å²) in [4.78, 5) is 25.9. The summed E-state index contributed by atoms with van der Waals surface area (Å²) in [5.41, 5.74) is 0.659. The van der Waals surface area contributed by atoms with Crippen molar-refractivity contribution in [1.29, 1.82) is 0 Å². The molecule has 1 saturated heterocycles. The molecule has 1 atom stereocenters. The normalized spacial score (nSPS) is 18.2. The van der Waals surface area contributed by atoms with Gasteiger partial charge in [-0.05, 0) is 44.0 Å². The van der Waals surface area contributed by atoms with Gasteiger partial charge in [0, 0.05) is 24.6 Å². The third-order valence-corrected chi connectivity index (χ3v) is 3.69. The van der Waals surface area contributed by atoms with E-state index in [0.29, 0.717) is 25.3 Å². The lowest BCUT2D eigenvalue weighted by molar-refractivity contribution is 0.0730. The largest absolute Gasteiger partial charge is 0.497 e. The second-order valence-electron chi connectivity index (χ2n) is 5.08. The first-order chi connectivity index (χ1) is 10.2. The fourth-order valence-corrected chi connectivity index (χ4v) is 2.56. The molecule has 0 aliphatic carbocycles. The molecule has 2 rings (SSSR count). The van der Waals surface area contributed by atoms with Crippen LogP contribution < -0.4 is 4.74 Å². The lowest BCUT2D eigenvalue weighted by Gasteiger charge is -2.31. The first-order valence-electron chi connectivity index (χ1n) is 7.25. The van der Waals surface area contributed by atoms with Crippen molar-refractivity contribution >= 4 is 11.9 Å². The summed E-state index contributed by atoms with van der Waals surface area (Å²) in [7, 11) is 1.59. The van der Waals surface area contributed by atoms with Gasteiger partial charge in [0.15, 0.2) is 5.78 Å². The zero-order valence-corrected chi connectivity index (χ0v) is 12.5. The number of ether oxygens (including phenoxy) is 2. The Hall–Kier alpha value is -2.04. The van der Waals surface area contributed by atoms with Gasteiger partial charge in [0.1, 0.15) is 5.75 Å². The summed E-state index contributed by atoms with van der Waals surface area (Å²) in [6.45, 7) is 3.23. The SMILES string of the molecule is CCOC(=O)N1CCCC(C(=O)c2ccc(OC)cc2)C1. The second-order valence-corrected chi connectivity index (χ2v) is 5.08. The van der Waals surface area contributed by atoms with Gasteiger partial charge < -0.3 is 14.4 Å². The van der Waals surface area contributed by atoms with E-state index in [1.54, 1.807) is 43.2 Å². The van der Waals surface area contributed by atoms with Gasteiger partial charge in [0.05, 0.1) is 13.7 Å². The quantitative estimate of drug-likeness (QED) is 0.800. The zero-order chi connectivity index (χ0) is 15.2. The number of hydrogen-bond acceptors (Lipinski definition) is 4. The Bertz CT molecular complexity index is 498. The van der Waals surface area contributed by atoms with E-state index in [9.17, 15) is 9.59 Å². The van der Waals surface area contributed by atoms with Gasteiger partial charge in [0.25, 0.3) is 0 Å². The Morgan fingerprint density at radius 1 is 1.29 bits per heavy atom. The van der Waals surface area contributed by atoms with E-state index >= 15 is 0 Å². The maximum atomic E-state index is 12.5.